The van der Waals surface area contributed by atoms with Gasteiger partial charge in [0.15, 0.2) is 5.76 Å². The molecule has 2 atom stereocenters. The maximum absolute atomic E-state index is 11.6. The van der Waals surface area contributed by atoms with Crippen LogP contribution in [0.5, 0.6) is 0 Å². The van der Waals surface area contributed by atoms with E-state index >= 15 is 0 Å². The van der Waals surface area contributed by atoms with Gasteiger partial charge in [-0.3, -0.25) is 9.59 Å². The van der Waals surface area contributed by atoms with Crippen molar-refractivity contribution in [2.45, 2.75) is 19.3 Å². The Hall–Kier alpha value is -1.78. The van der Waals surface area contributed by atoms with Crippen LogP contribution < -0.4 is 11.1 Å². The van der Waals surface area contributed by atoms with Crippen molar-refractivity contribution in [3.8, 4) is 0 Å². The fourth-order valence-corrected chi connectivity index (χ4v) is 2.25. The van der Waals surface area contributed by atoms with Crippen LogP contribution in [0.1, 0.15) is 29.8 Å². The standard InChI is InChI=1S/C12H16N2O3/c13-11(15)9-4-3-8(6-9)7-14-12(16)10-2-1-5-17-10/h1-2,5,8-9H,3-4,6-7H2,(H2,13,15)(H,14,16). The van der Waals surface area contributed by atoms with Crippen LogP contribution in [0.15, 0.2) is 22.8 Å². The van der Waals surface area contributed by atoms with E-state index in [1.54, 1.807) is 12.1 Å². The Morgan fingerprint density at radius 2 is 2.29 bits per heavy atom. The van der Waals surface area contributed by atoms with Crippen LogP contribution in [0, 0.1) is 11.8 Å². The fraction of sp³-hybridized carbons (Fsp3) is 0.500. The van der Waals surface area contributed by atoms with E-state index in [2.05, 4.69) is 5.32 Å². The summed E-state index contributed by atoms with van der Waals surface area (Å²) in [6, 6.07) is 3.30. The van der Waals surface area contributed by atoms with Crippen molar-refractivity contribution in [2.75, 3.05) is 6.54 Å². The molecule has 0 spiro atoms. The van der Waals surface area contributed by atoms with Crippen LogP contribution in [-0.4, -0.2) is 18.4 Å². The molecule has 2 amide bonds. The fourth-order valence-electron chi connectivity index (χ4n) is 2.25. The molecule has 5 nitrogen and oxygen atoms in total. The van der Waals surface area contributed by atoms with Crippen molar-refractivity contribution in [1.82, 2.24) is 5.32 Å². The third kappa shape index (κ3) is 2.87. The van der Waals surface area contributed by atoms with E-state index in [1.807, 2.05) is 0 Å². The minimum Gasteiger partial charge on any atom is -0.459 e. The monoisotopic (exact) mass is 236 g/mol. The van der Waals surface area contributed by atoms with Crippen molar-refractivity contribution in [3.63, 3.8) is 0 Å². The Labute approximate surface area is 99.4 Å². The summed E-state index contributed by atoms with van der Waals surface area (Å²) in [5, 5.41) is 2.80. The van der Waals surface area contributed by atoms with Crippen LogP contribution in [0.3, 0.4) is 0 Å². The molecule has 0 aromatic carbocycles. The molecule has 5 heteroatoms. The van der Waals surface area contributed by atoms with Crippen LogP contribution in [0.2, 0.25) is 0 Å². The van der Waals surface area contributed by atoms with Crippen LogP contribution in [0.25, 0.3) is 0 Å². The molecule has 1 aromatic heterocycles. The van der Waals surface area contributed by atoms with Gasteiger partial charge >= 0.3 is 0 Å². The van der Waals surface area contributed by atoms with E-state index in [1.165, 1.54) is 6.26 Å². The molecule has 1 aliphatic rings. The summed E-state index contributed by atoms with van der Waals surface area (Å²) in [4.78, 5) is 22.6. The highest BCUT2D eigenvalue weighted by Crippen LogP contribution is 2.29. The molecule has 0 saturated heterocycles. The van der Waals surface area contributed by atoms with Gasteiger partial charge < -0.3 is 15.5 Å². The van der Waals surface area contributed by atoms with E-state index in [9.17, 15) is 9.59 Å². The van der Waals surface area contributed by atoms with E-state index in [-0.39, 0.29) is 17.7 Å². The van der Waals surface area contributed by atoms with E-state index in [4.69, 9.17) is 10.2 Å². The topological polar surface area (TPSA) is 85.3 Å². The molecular weight excluding hydrogens is 220 g/mol. The van der Waals surface area contributed by atoms with Gasteiger partial charge in [-0.1, -0.05) is 0 Å². The first-order chi connectivity index (χ1) is 8.16. The summed E-state index contributed by atoms with van der Waals surface area (Å²) in [5.41, 5.74) is 5.25. The second-order valence-electron chi connectivity index (χ2n) is 4.47. The zero-order chi connectivity index (χ0) is 12.3. The highest BCUT2D eigenvalue weighted by Gasteiger charge is 2.28. The highest BCUT2D eigenvalue weighted by atomic mass is 16.3. The van der Waals surface area contributed by atoms with Gasteiger partial charge in [0.05, 0.1) is 6.26 Å². The number of carbonyl (C=O) groups excluding carboxylic acids is 2. The van der Waals surface area contributed by atoms with Gasteiger partial charge in [0.2, 0.25) is 5.91 Å². The molecule has 1 heterocycles. The second kappa shape index (κ2) is 5.03. The largest absolute Gasteiger partial charge is 0.459 e. The molecule has 0 aliphatic heterocycles. The van der Waals surface area contributed by atoms with E-state index in [0.717, 1.165) is 19.3 Å². The minimum absolute atomic E-state index is 0.0273. The number of hydrogen-bond donors (Lipinski definition) is 2. The quantitative estimate of drug-likeness (QED) is 0.814. The van der Waals surface area contributed by atoms with Crippen molar-refractivity contribution >= 4 is 11.8 Å². The third-order valence-electron chi connectivity index (χ3n) is 3.24. The van der Waals surface area contributed by atoms with Gasteiger partial charge in [0, 0.05) is 12.5 Å². The first-order valence-corrected chi connectivity index (χ1v) is 5.78. The lowest BCUT2D eigenvalue weighted by Gasteiger charge is -2.10. The molecule has 17 heavy (non-hydrogen) atoms. The van der Waals surface area contributed by atoms with E-state index < -0.39 is 0 Å². The van der Waals surface area contributed by atoms with Gasteiger partial charge in [-0.05, 0) is 37.3 Å². The molecule has 2 rings (SSSR count). The molecule has 0 bridgehead atoms. The second-order valence-corrected chi connectivity index (χ2v) is 4.47. The molecule has 0 radical (unpaired) electrons. The molecule has 92 valence electrons. The Morgan fingerprint density at radius 3 is 2.88 bits per heavy atom. The zero-order valence-corrected chi connectivity index (χ0v) is 9.52. The zero-order valence-electron chi connectivity index (χ0n) is 9.52. The number of carbonyl (C=O) groups is 2. The summed E-state index contributed by atoms with van der Waals surface area (Å²) in [6.07, 6.45) is 4.00. The van der Waals surface area contributed by atoms with Gasteiger partial charge in [0.25, 0.3) is 5.91 Å². The summed E-state index contributed by atoms with van der Waals surface area (Å²) >= 11 is 0. The Balaban J connectivity index is 1.76. The average molecular weight is 236 g/mol. The molecule has 1 fully saturated rings. The lowest BCUT2D eigenvalue weighted by molar-refractivity contribution is -0.121. The number of primary amides is 1. The van der Waals surface area contributed by atoms with Crippen molar-refractivity contribution in [3.05, 3.63) is 24.2 Å². The molecule has 1 aliphatic carbocycles. The predicted molar refractivity (Wildman–Crippen MR) is 61.1 cm³/mol. The van der Waals surface area contributed by atoms with Crippen LogP contribution in [0.4, 0.5) is 0 Å². The smallest absolute Gasteiger partial charge is 0.286 e. The van der Waals surface area contributed by atoms with Gasteiger partial charge in [-0.2, -0.15) is 0 Å². The lowest BCUT2D eigenvalue weighted by Crippen LogP contribution is -2.28. The Kier molecular flexibility index (Phi) is 3.46. The number of nitrogens with one attached hydrogen (secondary N) is 1. The number of hydrogen-bond acceptors (Lipinski definition) is 3. The van der Waals surface area contributed by atoms with Crippen molar-refractivity contribution < 1.29 is 14.0 Å². The van der Waals surface area contributed by atoms with Crippen LogP contribution >= 0.6 is 0 Å². The summed E-state index contributed by atoms with van der Waals surface area (Å²) in [5.74, 6) is 0.184. The Bertz CT molecular complexity index is 400. The molecule has 1 saturated carbocycles. The maximum Gasteiger partial charge on any atom is 0.286 e. The number of amides is 2. The number of furan rings is 1. The van der Waals surface area contributed by atoms with Crippen molar-refractivity contribution in [1.29, 1.82) is 0 Å². The summed E-state index contributed by atoms with van der Waals surface area (Å²) < 4.78 is 4.98. The normalized spacial score (nSPS) is 23.5. The first kappa shape index (κ1) is 11.7. The van der Waals surface area contributed by atoms with Crippen LogP contribution in [-0.2, 0) is 4.79 Å². The van der Waals surface area contributed by atoms with Gasteiger partial charge in [0.1, 0.15) is 0 Å². The van der Waals surface area contributed by atoms with Gasteiger partial charge in [-0.15, -0.1) is 0 Å². The molecular formula is C12H16N2O3. The molecule has 2 unspecified atom stereocenters. The van der Waals surface area contributed by atoms with Crippen molar-refractivity contribution in [2.24, 2.45) is 17.6 Å². The number of rotatable bonds is 4. The Morgan fingerprint density at radius 1 is 1.47 bits per heavy atom. The average Bonchev–Trinajstić information content (AvgIpc) is 2.97. The molecule has 1 aromatic rings. The number of nitrogens with two attached hydrogens (primary N) is 1. The van der Waals surface area contributed by atoms with E-state index in [0.29, 0.717) is 18.2 Å². The minimum atomic E-state index is -0.232. The summed E-state index contributed by atoms with van der Waals surface area (Å²) in [6.45, 7) is 0.573. The first-order valence-electron chi connectivity index (χ1n) is 5.78. The summed E-state index contributed by atoms with van der Waals surface area (Å²) in [7, 11) is 0. The third-order valence-corrected chi connectivity index (χ3v) is 3.24. The molecule has 3 N–H and O–H groups in total. The lowest BCUT2D eigenvalue weighted by atomic mass is 10.0. The van der Waals surface area contributed by atoms with Gasteiger partial charge in [-0.25, -0.2) is 0 Å². The maximum atomic E-state index is 11.6. The predicted octanol–water partition coefficient (Wildman–Crippen LogP) is 0.911. The SMILES string of the molecule is NC(=O)C1CCC(CNC(=O)c2ccco2)C1. The highest BCUT2D eigenvalue weighted by molar-refractivity contribution is 5.91.